The molecule has 0 radical (unpaired) electrons. The van der Waals surface area contributed by atoms with E-state index in [0.29, 0.717) is 11.3 Å². The Morgan fingerprint density at radius 2 is 2.16 bits per heavy atom. The van der Waals surface area contributed by atoms with Crippen molar-refractivity contribution in [2.24, 2.45) is 0 Å². The largest absolute Gasteiger partial charge is 0.478 e. The fraction of sp³-hybridized carbons (Fsp3) is 0.333. The Morgan fingerprint density at radius 3 is 2.74 bits per heavy atom. The van der Waals surface area contributed by atoms with Crippen molar-refractivity contribution in [1.29, 1.82) is 0 Å². The highest BCUT2D eigenvalue weighted by atomic mass is 32.1. The maximum atomic E-state index is 11.3. The first-order valence-electron chi connectivity index (χ1n) is 5.73. The quantitative estimate of drug-likeness (QED) is 0.893. The monoisotopic (exact) mass is 278 g/mol. The number of hydrogen-bond donors (Lipinski definition) is 2. The van der Waals surface area contributed by atoms with Gasteiger partial charge < -0.3 is 10.4 Å². The lowest BCUT2D eigenvalue weighted by Gasteiger charge is -2.15. The molecule has 0 aliphatic rings. The van der Waals surface area contributed by atoms with Crippen molar-refractivity contribution in [3.63, 3.8) is 0 Å². The number of nitrogens with one attached hydrogen (secondary N) is 1. The molecule has 0 spiro atoms. The molecule has 6 nitrogen and oxygen atoms in total. The molecule has 19 heavy (non-hydrogen) atoms. The third-order valence-corrected chi connectivity index (χ3v) is 3.80. The molecule has 2 aromatic rings. The van der Waals surface area contributed by atoms with E-state index in [2.05, 4.69) is 20.5 Å². The van der Waals surface area contributed by atoms with Crippen LogP contribution in [0.1, 0.15) is 39.6 Å². The number of nitrogens with zero attached hydrogens (tertiary/aromatic N) is 3. The third kappa shape index (κ3) is 2.70. The van der Waals surface area contributed by atoms with Crippen LogP contribution in [0.2, 0.25) is 0 Å². The summed E-state index contributed by atoms with van der Waals surface area (Å²) in [5.41, 5.74) is 1.40. The first-order chi connectivity index (χ1) is 9.00. The van der Waals surface area contributed by atoms with Crippen molar-refractivity contribution in [3.05, 3.63) is 33.4 Å². The van der Waals surface area contributed by atoms with Crippen LogP contribution in [0.25, 0.3) is 0 Å². The number of thiazole rings is 1. The van der Waals surface area contributed by atoms with Crippen LogP contribution in [0.4, 0.5) is 5.82 Å². The molecule has 2 aromatic heterocycles. The molecule has 0 amide bonds. The van der Waals surface area contributed by atoms with Gasteiger partial charge in [0.2, 0.25) is 0 Å². The molecule has 2 N–H and O–H groups in total. The third-order valence-electron chi connectivity index (χ3n) is 2.84. The SMILES string of the molecule is Cc1nnc(NC(C)c2nccs2)c(C(=O)O)c1C. The highest BCUT2D eigenvalue weighted by Crippen LogP contribution is 2.24. The molecule has 100 valence electrons. The van der Waals surface area contributed by atoms with E-state index in [4.69, 9.17) is 0 Å². The van der Waals surface area contributed by atoms with E-state index >= 15 is 0 Å². The Labute approximate surface area is 114 Å². The number of carboxylic acid groups (broad SMARTS) is 1. The molecule has 2 heterocycles. The van der Waals surface area contributed by atoms with E-state index in [0.717, 1.165) is 5.01 Å². The summed E-state index contributed by atoms with van der Waals surface area (Å²) in [7, 11) is 0. The summed E-state index contributed by atoms with van der Waals surface area (Å²) in [5, 5.41) is 23.0. The van der Waals surface area contributed by atoms with Gasteiger partial charge in [0, 0.05) is 11.6 Å². The minimum Gasteiger partial charge on any atom is -0.478 e. The Hall–Kier alpha value is -2.02. The highest BCUT2D eigenvalue weighted by molar-refractivity contribution is 7.09. The molecular formula is C12H14N4O2S. The van der Waals surface area contributed by atoms with Gasteiger partial charge in [0.15, 0.2) is 5.82 Å². The number of aromatic carboxylic acids is 1. The van der Waals surface area contributed by atoms with Crippen molar-refractivity contribution in [3.8, 4) is 0 Å². The Morgan fingerprint density at radius 1 is 1.42 bits per heavy atom. The molecule has 0 fully saturated rings. The summed E-state index contributed by atoms with van der Waals surface area (Å²) < 4.78 is 0. The van der Waals surface area contributed by atoms with Crippen LogP contribution in [-0.2, 0) is 0 Å². The maximum Gasteiger partial charge on any atom is 0.339 e. The molecule has 0 saturated heterocycles. The zero-order valence-electron chi connectivity index (χ0n) is 10.8. The van der Waals surface area contributed by atoms with Crippen LogP contribution < -0.4 is 5.32 Å². The molecule has 1 unspecified atom stereocenters. The Kier molecular flexibility index (Phi) is 3.75. The van der Waals surface area contributed by atoms with E-state index in [9.17, 15) is 9.90 Å². The van der Waals surface area contributed by atoms with E-state index in [1.54, 1.807) is 20.0 Å². The van der Waals surface area contributed by atoms with Gasteiger partial charge >= 0.3 is 5.97 Å². The van der Waals surface area contributed by atoms with Gasteiger partial charge in [-0.1, -0.05) is 0 Å². The van der Waals surface area contributed by atoms with Crippen LogP contribution >= 0.6 is 11.3 Å². The Bertz CT molecular complexity index is 598. The average Bonchev–Trinajstić information content (AvgIpc) is 2.87. The van der Waals surface area contributed by atoms with Crippen molar-refractivity contribution in [1.82, 2.24) is 15.2 Å². The number of aromatic nitrogens is 3. The summed E-state index contributed by atoms with van der Waals surface area (Å²) in [6, 6.07) is -0.116. The van der Waals surface area contributed by atoms with E-state index in [-0.39, 0.29) is 17.4 Å². The first-order valence-corrected chi connectivity index (χ1v) is 6.61. The second-order valence-corrected chi connectivity index (χ2v) is 5.10. The number of hydrogen-bond acceptors (Lipinski definition) is 6. The molecular weight excluding hydrogens is 264 g/mol. The fourth-order valence-corrected chi connectivity index (χ4v) is 2.33. The topological polar surface area (TPSA) is 88.0 Å². The van der Waals surface area contributed by atoms with Crippen LogP contribution in [0, 0.1) is 13.8 Å². The Balaban J connectivity index is 2.35. The van der Waals surface area contributed by atoms with Gasteiger partial charge in [-0.3, -0.25) is 0 Å². The first kappa shape index (κ1) is 13.4. The fourth-order valence-electron chi connectivity index (χ4n) is 1.69. The van der Waals surface area contributed by atoms with E-state index < -0.39 is 5.97 Å². The second-order valence-electron chi connectivity index (χ2n) is 4.18. The lowest BCUT2D eigenvalue weighted by Crippen LogP contribution is -2.15. The number of aryl methyl sites for hydroxylation is 1. The van der Waals surface area contributed by atoms with Crippen LogP contribution in [0.15, 0.2) is 11.6 Å². The maximum absolute atomic E-state index is 11.3. The van der Waals surface area contributed by atoms with Gasteiger partial charge in [-0.05, 0) is 26.3 Å². The predicted molar refractivity (Wildman–Crippen MR) is 72.6 cm³/mol. The number of rotatable bonds is 4. The molecule has 0 saturated carbocycles. The lowest BCUT2D eigenvalue weighted by atomic mass is 10.1. The van der Waals surface area contributed by atoms with E-state index in [1.165, 1.54) is 11.3 Å². The lowest BCUT2D eigenvalue weighted by molar-refractivity contribution is 0.0696. The summed E-state index contributed by atoms with van der Waals surface area (Å²) in [6.45, 7) is 5.37. The van der Waals surface area contributed by atoms with Crippen LogP contribution in [-0.4, -0.2) is 26.3 Å². The summed E-state index contributed by atoms with van der Waals surface area (Å²) in [5.74, 6) is -0.734. The van der Waals surface area contributed by atoms with E-state index in [1.807, 2.05) is 12.3 Å². The number of carboxylic acids is 1. The molecule has 0 aliphatic carbocycles. The van der Waals surface area contributed by atoms with Crippen LogP contribution in [0.5, 0.6) is 0 Å². The highest BCUT2D eigenvalue weighted by Gasteiger charge is 2.20. The minimum absolute atomic E-state index is 0.116. The predicted octanol–water partition coefficient (Wildman–Crippen LogP) is 2.42. The molecule has 7 heteroatoms. The molecule has 0 bridgehead atoms. The van der Waals surface area contributed by atoms with Crippen molar-refractivity contribution >= 4 is 23.1 Å². The smallest absolute Gasteiger partial charge is 0.339 e. The zero-order valence-corrected chi connectivity index (χ0v) is 11.7. The zero-order chi connectivity index (χ0) is 14.0. The molecule has 2 rings (SSSR count). The average molecular weight is 278 g/mol. The second kappa shape index (κ2) is 5.31. The standard InChI is InChI=1S/C12H14N4O2S/c1-6-7(2)15-16-10(9(6)12(17)18)14-8(3)11-13-4-5-19-11/h4-5,8H,1-3H3,(H,14,16)(H,17,18). The van der Waals surface area contributed by atoms with Gasteiger partial charge in [-0.15, -0.1) is 16.4 Å². The molecule has 0 aromatic carbocycles. The normalized spacial score (nSPS) is 12.2. The minimum atomic E-state index is -1.01. The summed E-state index contributed by atoms with van der Waals surface area (Å²) >= 11 is 1.50. The van der Waals surface area contributed by atoms with Gasteiger partial charge in [0.1, 0.15) is 10.6 Å². The van der Waals surface area contributed by atoms with Gasteiger partial charge in [-0.25, -0.2) is 9.78 Å². The van der Waals surface area contributed by atoms with Crippen molar-refractivity contribution < 1.29 is 9.90 Å². The van der Waals surface area contributed by atoms with Crippen molar-refractivity contribution in [2.75, 3.05) is 5.32 Å². The number of carbonyl (C=O) groups is 1. The summed E-state index contributed by atoms with van der Waals surface area (Å²) in [6.07, 6.45) is 1.71. The molecule has 1 atom stereocenters. The van der Waals surface area contributed by atoms with Gasteiger partial charge in [-0.2, -0.15) is 5.10 Å². The van der Waals surface area contributed by atoms with Gasteiger partial charge in [0.05, 0.1) is 11.7 Å². The summed E-state index contributed by atoms with van der Waals surface area (Å²) in [4.78, 5) is 15.5. The van der Waals surface area contributed by atoms with Crippen LogP contribution in [0.3, 0.4) is 0 Å². The molecule has 0 aliphatic heterocycles. The number of anilines is 1. The van der Waals surface area contributed by atoms with Gasteiger partial charge in [0.25, 0.3) is 0 Å². The van der Waals surface area contributed by atoms with Crippen molar-refractivity contribution in [2.45, 2.75) is 26.8 Å².